The number of carboxylic acid groups (broad SMARTS) is 1. The van der Waals surface area contributed by atoms with E-state index in [1.54, 1.807) is 30.5 Å². The standard InChI is InChI=1S/C18H14N4O3/c23-17(15-11-22(20-19-15)12-6-2-1-3-7-12)21-10-14(18(24)25)13-8-4-5-9-16(13)21/h1-9,11,14H,10H2,(H,24,25). The molecule has 4 rings (SSSR count). The van der Waals surface area contributed by atoms with Crippen molar-refractivity contribution in [2.45, 2.75) is 5.92 Å². The third kappa shape index (κ3) is 2.55. The van der Waals surface area contributed by atoms with Gasteiger partial charge in [0, 0.05) is 12.2 Å². The van der Waals surface area contributed by atoms with Crippen LogP contribution in [0.25, 0.3) is 5.69 Å². The van der Waals surface area contributed by atoms with Crippen LogP contribution in [0.2, 0.25) is 0 Å². The van der Waals surface area contributed by atoms with Crippen molar-refractivity contribution >= 4 is 17.6 Å². The molecule has 0 bridgehead atoms. The average molecular weight is 334 g/mol. The number of carboxylic acids is 1. The molecule has 1 unspecified atom stereocenters. The van der Waals surface area contributed by atoms with Crippen LogP contribution >= 0.6 is 0 Å². The number of nitrogens with zero attached hydrogens (tertiary/aromatic N) is 4. The number of hydrogen-bond donors (Lipinski definition) is 1. The van der Waals surface area contributed by atoms with E-state index in [9.17, 15) is 14.7 Å². The summed E-state index contributed by atoms with van der Waals surface area (Å²) in [5.74, 6) is -2.04. The third-order valence-corrected chi connectivity index (χ3v) is 4.24. The monoisotopic (exact) mass is 334 g/mol. The summed E-state index contributed by atoms with van der Waals surface area (Å²) >= 11 is 0. The maximum Gasteiger partial charge on any atom is 0.312 e. The van der Waals surface area contributed by atoms with E-state index in [1.165, 1.54) is 9.58 Å². The van der Waals surface area contributed by atoms with E-state index in [4.69, 9.17) is 0 Å². The first-order chi connectivity index (χ1) is 12.1. The predicted octanol–water partition coefficient (Wildman–Crippen LogP) is 2.10. The number of fused-ring (bicyclic) bond motifs is 1. The minimum Gasteiger partial charge on any atom is -0.481 e. The first-order valence-electron chi connectivity index (χ1n) is 7.76. The van der Waals surface area contributed by atoms with Crippen molar-refractivity contribution in [1.29, 1.82) is 0 Å². The molecule has 0 radical (unpaired) electrons. The van der Waals surface area contributed by atoms with Gasteiger partial charge in [-0.3, -0.25) is 9.59 Å². The summed E-state index contributed by atoms with van der Waals surface area (Å²) in [6.07, 6.45) is 1.55. The molecule has 2 heterocycles. The van der Waals surface area contributed by atoms with Gasteiger partial charge in [-0.1, -0.05) is 41.6 Å². The summed E-state index contributed by atoms with van der Waals surface area (Å²) in [7, 11) is 0. The van der Waals surface area contributed by atoms with Crippen LogP contribution in [-0.4, -0.2) is 38.5 Å². The van der Waals surface area contributed by atoms with Gasteiger partial charge >= 0.3 is 5.97 Å². The van der Waals surface area contributed by atoms with Gasteiger partial charge in [0.15, 0.2) is 5.69 Å². The summed E-state index contributed by atoms with van der Waals surface area (Å²) in [5, 5.41) is 17.4. The lowest BCUT2D eigenvalue weighted by Gasteiger charge is -2.15. The Hall–Kier alpha value is -3.48. The molecule has 1 aromatic heterocycles. The van der Waals surface area contributed by atoms with E-state index < -0.39 is 11.9 Å². The molecule has 7 nitrogen and oxygen atoms in total. The summed E-state index contributed by atoms with van der Waals surface area (Å²) in [5.41, 5.74) is 2.21. The zero-order chi connectivity index (χ0) is 17.4. The maximum absolute atomic E-state index is 12.8. The zero-order valence-electron chi connectivity index (χ0n) is 13.1. The molecule has 0 aliphatic carbocycles. The van der Waals surface area contributed by atoms with Crippen LogP contribution in [0.4, 0.5) is 5.69 Å². The highest BCUT2D eigenvalue weighted by Gasteiger charge is 2.37. The third-order valence-electron chi connectivity index (χ3n) is 4.24. The fourth-order valence-electron chi connectivity index (χ4n) is 3.02. The molecule has 25 heavy (non-hydrogen) atoms. The highest BCUT2D eigenvalue weighted by atomic mass is 16.4. The normalized spacial score (nSPS) is 15.8. The summed E-state index contributed by atoms with van der Waals surface area (Å²) in [6.45, 7) is 0.0890. The van der Waals surface area contributed by atoms with Crippen LogP contribution in [0.1, 0.15) is 22.0 Å². The number of aliphatic carboxylic acids is 1. The smallest absolute Gasteiger partial charge is 0.312 e. The number of para-hydroxylation sites is 2. The molecule has 0 fully saturated rings. The van der Waals surface area contributed by atoms with Crippen molar-refractivity contribution in [2.24, 2.45) is 0 Å². The first kappa shape index (κ1) is 15.1. The first-order valence-corrected chi connectivity index (χ1v) is 7.76. The van der Waals surface area contributed by atoms with E-state index in [-0.39, 0.29) is 18.1 Å². The highest BCUT2D eigenvalue weighted by molar-refractivity contribution is 6.07. The second kappa shape index (κ2) is 5.86. The molecule has 124 valence electrons. The number of anilines is 1. The lowest BCUT2D eigenvalue weighted by molar-refractivity contribution is -0.138. The minimum absolute atomic E-state index is 0.0890. The van der Waals surface area contributed by atoms with Crippen LogP contribution in [-0.2, 0) is 4.79 Å². The van der Waals surface area contributed by atoms with Gasteiger partial charge < -0.3 is 10.0 Å². The Morgan fingerprint density at radius 1 is 1.04 bits per heavy atom. The molecule has 0 spiro atoms. The van der Waals surface area contributed by atoms with E-state index in [1.807, 2.05) is 30.3 Å². The fraction of sp³-hybridized carbons (Fsp3) is 0.111. The SMILES string of the molecule is O=C(O)C1CN(C(=O)c2cn(-c3ccccc3)nn2)c2ccccc21. The maximum atomic E-state index is 12.8. The Labute approximate surface area is 143 Å². The van der Waals surface area contributed by atoms with Crippen molar-refractivity contribution in [1.82, 2.24) is 15.0 Å². The van der Waals surface area contributed by atoms with Crippen molar-refractivity contribution in [3.63, 3.8) is 0 Å². The largest absolute Gasteiger partial charge is 0.481 e. The number of carbonyl (C=O) groups is 2. The number of benzene rings is 2. The molecular weight excluding hydrogens is 320 g/mol. The summed E-state index contributed by atoms with van der Waals surface area (Å²) in [6, 6.07) is 16.4. The number of rotatable bonds is 3. The summed E-state index contributed by atoms with van der Waals surface area (Å²) in [4.78, 5) is 25.8. The Morgan fingerprint density at radius 3 is 2.52 bits per heavy atom. The van der Waals surface area contributed by atoms with Crippen LogP contribution < -0.4 is 4.90 Å². The topological polar surface area (TPSA) is 88.3 Å². The predicted molar refractivity (Wildman–Crippen MR) is 89.9 cm³/mol. The van der Waals surface area contributed by atoms with Gasteiger partial charge in [0.05, 0.1) is 11.9 Å². The Balaban J connectivity index is 1.66. The molecule has 1 aliphatic heterocycles. The molecule has 1 N–H and O–H groups in total. The number of amides is 1. The van der Waals surface area contributed by atoms with Crippen LogP contribution in [0.15, 0.2) is 60.8 Å². The van der Waals surface area contributed by atoms with Crippen molar-refractivity contribution in [3.05, 3.63) is 72.1 Å². The van der Waals surface area contributed by atoms with Gasteiger partial charge in [-0.2, -0.15) is 0 Å². The highest BCUT2D eigenvalue weighted by Crippen LogP contribution is 2.36. The van der Waals surface area contributed by atoms with Crippen LogP contribution in [0, 0.1) is 0 Å². The lowest BCUT2D eigenvalue weighted by Crippen LogP contribution is -2.31. The molecule has 1 atom stereocenters. The minimum atomic E-state index is -0.948. The van der Waals surface area contributed by atoms with Gasteiger partial charge in [0.1, 0.15) is 5.92 Å². The van der Waals surface area contributed by atoms with Crippen LogP contribution in [0.5, 0.6) is 0 Å². The van der Waals surface area contributed by atoms with Gasteiger partial charge in [-0.05, 0) is 23.8 Å². The molecule has 2 aromatic carbocycles. The fourth-order valence-corrected chi connectivity index (χ4v) is 3.02. The Bertz CT molecular complexity index is 952. The molecule has 1 amide bonds. The average Bonchev–Trinajstić information content (AvgIpc) is 3.27. The van der Waals surface area contributed by atoms with Gasteiger partial charge in [-0.15, -0.1) is 5.10 Å². The number of carbonyl (C=O) groups excluding carboxylic acids is 1. The second-order valence-corrected chi connectivity index (χ2v) is 5.75. The van der Waals surface area contributed by atoms with Gasteiger partial charge in [0.25, 0.3) is 5.91 Å². The summed E-state index contributed by atoms with van der Waals surface area (Å²) < 4.78 is 1.52. The van der Waals surface area contributed by atoms with Gasteiger partial charge in [0.2, 0.25) is 0 Å². The van der Waals surface area contributed by atoms with Gasteiger partial charge in [-0.25, -0.2) is 4.68 Å². The van der Waals surface area contributed by atoms with Crippen LogP contribution in [0.3, 0.4) is 0 Å². The van der Waals surface area contributed by atoms with Crippen molar-refractivity contribution < 1.29 is 14.7 Å². The number of aromatic nitrogens is 3. The van der Waals surface area contributed by atoms with E-state index in [0.29, 0.717) is 11.3 Å². The molecule has 7 heteroatoms. The lowest BCUT2D eigenvalue weighted by atomic mass is 10.0. The second-order valence-electron chi connectivity index (χ2n) is 5.75. The number of hydrogen-bond acceptors (Lipinski definition) is 4. The van der Waals surface area contributed by atoms with E-state index >= 15 is 0 Å². The Morgan fingerprint density at radius 2 is 1.76 bits per heavy atom. The molecule has 0 saturated heterocycles. The van der Waals surface area contributed by atoms with Crippen molar-refractivity contribution in [3.8, 4) is 5.69 Å². The Kier molecular flexibility index (Phi) is 3.53. The molecular formula is C18H14N4O3. The van der Waals surface area contributed by atoms with Crippen molar-refractivity contribution in [2.75, 3.05) is 11.4 Å². The molecule has 0 saturated carbocycles. The molecule has 3 aromatic rings. The van der Waals surface area contributed by atoms with E-state index in [0.717, 1.165) is 5.69 Å². The van der Waals surface area contributed by atoms with E-state index in [2.05, 4.69) is 10.3 Å². The zero-order valence-corrected chi connectivity index (χ0v) is 13.1. The molecule has 1 aliphatic rings. The quantitative estimate of drug-likeness (QED) is 0.792.